The molecule has 0 radical (unpaired) electrons. The van der Waals surface area contributed by atoms with Crippen molar-refractivity contribution in [2.45, 2.75) is 25.0 Å². The minimum atomic E-state index is -0.239. The van der Waals surface area contributed by atoms with Crippen LogP contribution in [0.25, 0.3) is 0 Å². The summed E-state index contributed by atoms with van der Waals surface area (Å²) in [4.78, 5) is 12.4. The fourth-order valence-corrected chi connectivity index (χ4v) is 2.96. The molecule has 2 aromatic carbocycles. The Morgan fingerprint density at radius 2 is 2.00 bits per heavy atom. The Hall–Kier alpha value is -2.84. The third kappa shape index (κ3) is 4.37. The van der Waals surface area contributed by atoms with Crippen molar-refractivity contribution in [3.05, 3.63) is 65.7 Å². The third-order valence-electron chi connectivity index (χ3n) is 4.18. The first-order chi connectivity index (χ1) is 12.3. The van der Waals surface area contributed by atoms with E-state index in [0.29, 0.717) is 11.3 Å². The maximum atomic E-state index is 12.4. The minimum Gasteiger partial charge on any atom is -0.482 e. The lowest BCUT2D eigenvalue weighted by Crippen LogP contribution is -2.38. The SMILES string of the molecule is N#Cc1ccccc1OCC(=O)N[C@@H](c1ccccc1)[C@@H]1CCCO1. The predicted octanol–water partition coefficient (Wildman–Crippen LogP) is 2.97. The van der Waals surface area contributed by atoms with Crippen molar-refractivity contribution in [1.29, 1.82) is 5.26 Å². The van der Waals surface area contributed by atoms with Crippen molar-refractivity contribution in [3.63, 3.8) is 0 Å². The number of para-hydroxylation sites is 1. The molecule has 5 nitrogen and oxygen atoms in total. The smallest absolute Gasteiger partial charge is 0.258 e. The Balaban J connectivity index is 1.65. The van der Waals surface area contributed by atoms with Gasteiger partial charge in [0.05, 0.1) is 17.7 Å². The number of hydrogen-bond acceptors (Lipinski definition) is 4. The van der Waals surface area contributed by atoms with Gasteiger partial charge in [-0.3, -0.25) is 4.79 Å². The van der Waals surface area contributed by atoms with Crippen LogP contribution in [-0.2, 0) is 9.53 Å². The number of hydrogen-bond donors (Lipinski definition) is 1. The van der Waals surface area contributed by atoms with Gasteiger partial charge in [0.2, 0.25) is 0 Å². The first-order valence-corrected chi connectivity index (χ1v) is 8.36. The molecule has 0 aliphatic carbocycles. The lowest BCUT2D eigenvalue weighted by atomic mass is 9.99. The zero-order valence-electron chi connectivity index (χ0n) is 13.9. The monoisotopic (exact) mass is 336 g/mol. The highest BCUT2D eigenvalue weighted by atomic mass is 16.5. The van der Waals surface area contributed by atoms with Gasteiger partial charge < -0.3 is 14.8 Å². The van der Waals surface area contributed by atoms with Crippen LogP contribution in [0.1, 0.15) is 30.0 Å². The number of amides is 1. The van der Waals surface area contributed by atoms with Crippen molar-refractivity contribution in [1.82, 2.24) is 5.32 Å². The van der Waals surface area contributed by atoms with Crippen LogP contribution >= 0.6 is 0 Å². The van der Waals surface area contributed by atoms with Crippen molar-refractivity contribution < 1.29 is 14.3 Å². The summed E-state index contributed by atoms with van der Waals surface area (Å²) in [6.45, 7) is 0.574. The second-order valence-corrected chi connectivity index (χ2v) is 5.90. The first kappa shape index (κ1) is 17.0. The predicted molar refractivity (Wildman–Crippen MR) is 93.0 cm³/mol. The molecule has 128 valence electrons. The number of nitriles is 1. The highest BCUT2D eigenvalue weighted by Gasteiger charge is 2.28. The molecular formula is C20H20N2O3. The number of carbonyl (C=O) groups excluding carboxylic acids is 1. The molecule has 2 atom stereocenters. The minimum absolute atomic E-state index is 0.0299. The Labute approximate surface area is 147 Å². The molecule has 1 heterocycles. The number of nitrogens with zero attached hydrogens (tertiary/aromatic N) is 1. The van der Waals surface area contributed by atoms with Crippen LogP contribution < -0.4 is 10.1 Å². The molecule has 1 aliphatic heterocycles. The molecule has 0 aromatic heterocycles. The molecule has 5 heteroatoms. The zero-order chi connectivity index (χ0) is 17.5. The van der Waals surface area contributed by atoms with Crippen molar-refractivity contribution in [2.75, 3.05) is 13.2 Å². The van der Waals surface area contributed by atoms with Crippen LogP contribution in [0.15, 0.2) is 54.6 Å². The standard InChI is InChI=1S/C20H20N2O3/c21-13-16-9-4-5-10-17(16)25-14-19(23)22-20(18-11-6-12-24-18)15-7-2-1-3-8-15/h1-5,7-10,18,20H,6,11-12,14H2,(H,22,23)/t18-,20-/m0/s1. The lowest BCUT2D eigenvalue weighted by Gasteiger charge is -2.24. The molecule has 3 rings (SSSR count). The van der Waals surface area contributed by atoms with E-state index >= 15 is 0 Å². The molecule has 0 bridgehead atoms. The highest BCUT2D eigenvalue weighted by molar-refractivity contribution is 5.78. The average molecular weight is 336 g/mol. The van der Waals surface area contributed by atoms with Gasteiger partial charge in [0.1, 0.15) is 11.8 Å². The maximum Gasteiger partial charge on any atom is 0.258 e. The lowest BCUT2D eigenvalue weighted by molar-refractivity contribution is -0.124. The topological polar surface area (TPSA) is 71.3 Å². The molecule has 1 N–H and O–H groups in total. The van der Waals surface area contributed by atoms with Gasteiger partial charge in [0, 0.05) is 6.61 Å². The van der Waals surface area contributed by atoms with Gasteiger partial charge in [-0.2, -0.15) is 5.26 Å². The van der Waals surface area contributed by atoms with E-state index in [2.05, 4.69) is 11.4 Å². The summed E-state index contributed by atoms with van der Waals surface area (Å²) in [5.41, 5.74) is 1.43. The molecular weight excluding hydrogens is 316 g/mol. The number of benzene rings is 2. The number of nitrogens with one attached hydrogen (secondary N) is 1. The van der Waals surface area contributed by atoms with Crippen LogP contribution in [-0.4, -0.2) is 25.2 Å². The molecule has 1 fully saturated rings. The fourth-order valence-electron chi connectivity index (χ4n) is 2.96. The largest absolute Gasteiger partial charge is 0.482 e. The van der Waals surface area contributed by atoms with E-state index in [9.17, 15) is 4.79 Å². The summed E-state index contributed by atoms with van der Waals surface area (Å²) in [7, 11) is 0. The summed E-state index contributed by atoms with van der Waals surface area (Å²) < 4.78 is 11.3. The van der Waals surface area contributed by atoms with Gasteiger partial charge in [-0.25, -0.2) is 0 Å². The molecule has 1 saturated heterocycles. The number of ether oxygens (including phenoxy) is 2. The number of carbonyl (C=O) groups is 1. The van der Waals surface area contributed by atoms with E-state index in [1.807, 2.05) is 30.3 Å². The molecule has 1 amide bonds. The maximum absolute atomic E-state index is 12.4. The van der Waals surface area contributed by atoms with E-state index in [0.717, 1.165) is 25.0 Å². The van der Waals surface area contributed by atoms with Crippen LogP contribution in [0.5, 0.6) is 5.75 Å². The van der Waals surface area contributed by atoms with Crippen molar-refractivity contribution >= 4 is 5.91 Å². The molecule has 0 unspecified atom stereocenters. The van der Waals surface area contributed by atoms with Crippen LogP contribution in [0.2, 0.25) is 0 Å². The van der Waals surface area contributed by atoms with Crippen LogP contribution in [0.4, 0.5) is 0 Å². The first-order valence-electron chi connectivity index (χ1n) is 8.36. The fraction of sp³-hybridized carbons (Fsp3) is 0.300. The van der Waals surface area contributed by atoms with E-state index in [1.54, 1.807) is 24.3 Å². The van der Waals surface area contributed by atoms with E-state index in [4.69, 9.17) is 14.7 Å². The van der Waals surface area contributed by atoms with Crippen LogP contribution in [0.3, 0.4) is 0 Å². The van der Waals surface area contributed by atoms with E-state index < -0.39 is 0 Å². The van der Waals surface area contributed by atoms with Gasteiger partial charge >= 0.3 is 0 Å². The van der Waals surface area contributed by atoms with Gasteiger partial charge in [0.25, 0.3) is 5.91 Å². The summed E-state index contributed by atoms with van der Waals surface area (Å²) in [6, 6.07) is 18.5. The van der Waals surface area contributed by atoms with Crippen molar-refractivity contribution in [3.8, 4) is 11.8 Å². The Bertz CT molecular complexity index is 749. The quantitative estimate of drug-likeness (QED) is 0.880. The highest BCUT2D eigenvalue weighted by Crippen LogP contribution is 2.27. The van der Waals surface area contributed by atoms with Gasteiger partial charge in [0.15, 0.2) is 6.61 Å². The number of rotatable bonds is 6. The molecule has 1 aliphatic rings. The second-order valence-electron chi connectivity index (χ2n) is 5.90. The summed E-state index contributed by atoms with van der Waals surface area (Å²) in [5, 5.41) is 12.1. The van der Waals surface area contributed by atoms with E-state index in [-0.39, 0.29) is 24.7 Å². The molecule has 25 heavy (non-hydrogen) atoms. The molecule has 0 spiro atoms. The van der Waals surface area contributed by atoms with Gasteiger partial charge in [-0.15, -0.1) is 0 Å². The Morgan fingerprint density at radius 1 is 1.24 bits per heavy atom. The second kappa shape index (κ2) is 8.32. The zero-order valence-corrected chi connectivity index (χ0v) is 13.9. The van der Waals surface area contributed by atoms with Gasteiger partial charge in [-0.05, 0) is 30.5 Å². The summed E-state index contributed by atoms with van der Waals surface area (Å²) in [5.74, 6) is 0.172. The summed E-state index contributed by atoms with van der Waals surface area (Å²) >= 11 is 0. The Morgan fingerprint density at radius 3 is 2.72 bits per heavy atom. The summed E-state index contributed by atoms with van der Waals surface area (Å²) in [6.07, 6.45) is 1.88. The molecule has 2 aromatic rings. The average Bonchev–Trinajstić information content (AvgIpc) is 3.20. The third-order valence-corrected chi connectivity index (χ3v) is 4.18. The van der Waals surface area contributed by atoms with Gasteiger partial charge in [-0.1, -0.05) is 42.5 Å². The van der Waals surface area contributed by atoms with Crippen molar-refractivity contribution in [2.24, 2.45) is 0 Å². The van der Waals surface area contributed by atoms with E-state index in [1.165, 1.54) is 0 Å². The normalized spacial score (nSPS) is 17.5. The Kier molecular flexibility index (Phi) is 5.65. The van der Waals surface area contributed by atoms with Crippen LogP contribution in [0, 0.1) is 11.3 Å². The molecule has 0 saturated carbocycles.